The molecule has 0 amide bonds. The van der Waals surface area contributed by atoms with E-state index in [0.29, 0.717) is 5.78 Å². The normalized spacial score (nSPS) is 19.2. The van der Waals surface area contributed by atoms with E-state index in [0.717, 1.165) is 19.3 Å². The number of carbonyl (C=O) groups is 1. The molecule has 1 fully saturated rings. The molecule has 1 aliphatic rings. The molecular formula is C15H20O. The van der Waals surface area contributed by atoms with Crippen molar-refractivity contribution in [1.82, 2.24) is 0 Å². The predicted molar refractivity (Wildman–Crippen MR) is 66.6 cm³/mol. The molecule has 1 aromatic rings. The fraction of sp³-hybridized carbons (Fsp3) is 0.533. The van der Waals surface area contributed by atoms with E-state index < -0.39 is 0 Å². The van der Waals surface area contributed by atoms with Gasteiger partial charge in [0, 0.05) is 5.92 Å². The lowest BCUT2D eigenvalue weighted by Gasteiger charge is -2.18. The third kappa shape index (κ3) is 1.79. The summed E-state index contributed by atoms with van der Waals surface area (Å²) in [5.74, 6) is 0.641. The van der Waals surface area contributed by atoms with Gasteiger partial charge in [0.1, 0.15) is 5.78 Å². The molecule has 1 atom stereocenters. The second kappa shape index (κ2) is 4.04. The lowest BCUT2D eigenvalue weighted by Crippen LogP contribution is -2.26. The monoisotopic (exact) mass is 216 g/mol. The van der Waals surface area contributed by atoms with Gasteiger partial charge in [0.05, 0.1) is 5.41 Å². The van der Waals surface area contributed by atoms with Gasteiger partial charge < -0.3 is 0 Å². The van der Waals surface area contributed by atoms with Crippen molar-refractivity contribution in [2.45, 2.75) is 45.4 Å². The molecule has 0 aliphatic heterocycles. The quantitative estimate of drug-likeness (QED) is 0.751. The van der Waals surface area contributed by atoms with E-state index in [1.54, 1.807) is 0 Å². The van der Waals surface area contributed by atoms with Crippen molar-refractivity contribution in [2.75, 3.05) is 0 Å². The minimum Gasteiger partial charge on any atom is -0.298 e. The Labute approximate surface area is 97.9 Å². The largest absolute Gasteiger partial charge is 0.298 e. The standard InChI is InChI=1S/C15H20O/c1-4-12(3)14(16)15(9-10-15)13-7-5-11(2)6-8-13/h5-8,12H,4,9-10H2,1-3H3/t12-/m0/s1. The van der Waals surface area contributed by atoms with Crippen LogP contribution in [0.4, 0.5) is 0 Å². The van der Waals surface area contributed by atoms with E-state index in [1.165, 1.54) is 11.1 Å². The first-order valence-electron chi connectivity index (χ1n) is 6.21. The minimum atomic E-state index is -0.122. The van der Waals surface area contributed by atoms with Crippen LogP contribution in [0.25, 0.3) is 0 Å². The third-order valence-corrected chi connectivity index (χ3v) is 3.89. The van der Waals surface area contributed by atoms with Gasteiger partial charge in [0.2, 0.25) is 0 Å². The molecule has 0 radical (unpaired) electrons. The third-order valence-electron chi connectivity index (χ3n) is 3.89. The maximum absolute atomic E-state index is 12.3. The lowest BCUT2D eigenvalue weighted by atomic mass is 9.84. The number of ketones is 1. The topological polar surface area (TPSA) is 17.1 Å². The average Bonchev–Trinajstić information content (AvgIpc) is 3.09. The fourth-order valence-electron chi connectivity index (χ4n) is 2.33. The molecule has 16 heavy (non-hydrogen) atoms. The first kappa shape index (κ1) is 11.4. The Morgan fingerprint density at radius 1 is 1.31 bits per heavy atom. The van der Waals surface area contributed by atoms with Crippen molar-refractivity contribution in [3.8, 4) is 0 Å². The van der Waals surface area contributed by atoms with Gasteiger partial charge in [-0.1, -0.05) is 43.7 Å². The molecule has 1 aliphatic carbocycles. The maximum atomic E-state index is 12.3. The van der Waals surface area contributed by atoms with Crippen LogP contribution in [0, 0.1) is 12.8 Å². The SMILES string of the molecule is CC[C@H](C)C(=O)C1(c2ccc(C)cc2)CC1. The summed E-state index contributed by atoms with van der Waals surface area (Å²) in [5, 5.41) is 0. The van der Waals surface area contributed by atoms with Crippen molar-refractivity contribution in [3.63, 3.8) is 0 Å². The van der Waals surface area contributed by atoms with Crippen molar-refractivity contribution in [3.05, 3.63) is 35.4 Å². The summed E-state index contributed by atoms with van der Waals surface area (Å²) in [6, 6.07) is 8.48. The molecule has 1 nitrogen and oxygen atoms in total. The molecule has 0 unspecified atom stereocenters. The zero-order chi connectivity index (χ0) is 11.8. The Bertz CT molecular complexity index is 384. The molecule has 0 bridgehead atoms. The van der Waals surface area contributed by atoms with Gasteiger partial charge in [0.25, 0.3) is 0 Å². The van der Waals surface area contributed by atoms with Gasteiger partial charge in [0.15, 0.2) is 0 Å². The van der Waals surface area contributed by atoms with Gasteiger partial charge in [-0.05, 0) is 31.7 Å². The summed E-state index contributed by atoms with van der Waals surface area (Å²) in [6.07, 6.45) is 3.03. The number of rotatable bonds is 4. The number of hydrogen-bond donors (Lipinski definition) is 0. The average molecular weight is 216 g/mol. The van der Waals surface area contributed by atoms with E-state index in [1.807, 2.05) is 0 Å². The highest BCUT2D eigenvalue weighted by atomic mass is 16.1. The van der Waals surface area contributed by atoms with E-state index in [4.69, 9.17) is 0 Å². The lowest BCUT2D eigenvalue weighted by molar-refractivity contribution is -0.125. The van der Waals surface area contributed by atoms with Gasteiger partial charge >= 0.3 is 0 Å². The zero-order valence-corrected chi connectivity index (χ0v) is 10.4. The van der Waals surface area contributed by atoms with Crippen molar-refractivity contribution >= 4 is 5.78 Å². The van der Waals surface area contributed by atoms with Crippen LogP contribution in [0.2, 0.25) is 0 Å². The van der Waals surface area contributed by atoms with Crippen molar-refractivity contribution in [1.29, 1.82) is 0 Å². The second-order valence-electron chi connectivity index (χ2n) is 5.12. The van der Waals surface area contributed by atoms with Crippen LogP contribution < -0.4 is 0 Å². The summed E-state index contributed by atoms with van der Waals surface area (Å²) in [4.78, 5) is 12.3. The Morgan fingerprint density at radius 3 is 2.31 bits per heavy atom. The molecule has 0 saturated heterocycles. The second-order valence-corrected chi connectivity index (χ2v) is 5.12. The first-order valence-corrected chi connectivity index (χ1v) is 6.21. The van der Waals surface area contributed by atoms with E-state index in [-0.39, 0.29) is 11.3 Å². The Morgan fingerprint density at radius 2 is 1.88 bits per heavy atom. The Kier molecular flexibility index (Phi) is 2.88. The molecule has 0 aromatic heterocycles. The van der Waals surface area contributed by atoms with Gasteiger partial charge in [-0.2, -0.15) is 0 Å². The summed E-state index contributed by atoms with van der Waals surface area (Å²) in [5.41, 5.74) is 2.36. The van der Waals surface area contributed by atoms with Gasteiger partial charge in [-0.15, -0.1) is 0 Å². The maximum Gasteiger partial charge on any atom is 0.146 e. The molecule has 1 aromatic carbocycles. The molecular weight excluding hydrogens is 196 g/mol. The minimum absolute atomic E-state index is 0.122. The summed E-state index contributed by atoms with van der Waals surface area (Å²) in [7, 11) is 0. The van der Waals surface area contributed by atoms with Crippen LogP contribution in [0.3, 0.4) is 0 Å². The predicted octanol–water partition coefficient (Wildman–Crippen LogP) is 3.64. The van der Waals surface area contributed by atoms with Crippen LogP contribution in [-0.2, 0) is 10.2 Å². The Hall–Kier alpha value is -1.11. The van der Waals surface area contributed by atoms with E-state index in [9.17, 15) is 4.79 Å². The smallest absolute Gasteiger partial charge is 0.146 e. The summed E-state index contributed by atoms with van der Waals surface area (Å²) < 4.78 is 0. The highest BCUT2D eigenvalue weighted by Gasteiger charge is 2.51. The van der Waals surface area contributed by atoms with E-state index >= 15 is 0 Å². The number of benzene rings is 1. The van der Waals surface area contributed by atoms with Gasteiger partial charge in [-0.25, -0.2) is 0 Å². The molecule has 86 valence electrons. The number of aryl methyl sites for hydroxylation is 1. The molecule has 0 heterocycles. The molecule has 2 rings (SSSR count). The summed E-state index contributed by atoms with van der Waals surface area (Å²) in [6.45, 7) is 6.23. The first-order chi connectivity index (χ1) is 7.60. The highest BCUT2D eigenvalue weighted by Crippen LogP contribution is 2.50. The number of Topliss-reactive ketones (excluding diaryl/α,β-unsaturated/α-hetero) is 1. The van der Waals surface area contributed by atoms with Crippen LogP contribution in [0.5, 0.6) is 0 Å². The molecule has 0 spiro atoms. The number of hydrogen-bond acceptors (Lipinski definition) is 1. The van der Waals surface area contributed by atoms with E-state index in [2.05, 4.69) is 45.0 Å². The summed E-state index contributed by atoms with van der Waals surface area (Å²) >= 11 is 0. The molecule has 1 saturated carbocycles. The van der Waals surface area contributed by atoms with Crippen LogP contribution in [0.15, 0.2) is 24.3 Å². The highest BCUT2D eigenvalue weighted by molar-refractivity contribution is 5.94. The number of carbonyl (C=O) groups excluding carboxylic acids is 1. The van der Waals surface area contributed by atoms with Gasteiger partial charge in [-0.3, -0.25) is 4.79 Å². The van der Waals surface area contributed by atoms with Crippen LogP contribution >= 0.6 is 0 Å². The fourth-order valence-corrected chi connectivity index (χ4v) is 2.33. The van der Waals surface area contributed by atoms with Crippen molar-refractivity contribution < 1.29 is 4.79 Å². The molecule has 1 heteroatoms. The van der Waals surface area contributed by atoms with Crippen LogP contribution in [-0.4, -0.2) is 5.78 Å². The Balaban J connectivity index is 2.26. The zero-order valence-electron chi connectivity index (χ0n) is 10.4. The van der Waals surface area contributed by atoms with Crippen LogP contribution in [0.1, 0.15) is 44.2 Å². The van der Waals surface area contributed by atoms with Crippen molar-refractivity contribution in [2.24, 2.45) is 5.92 Å². The molecule has 0 N–H and O–H groups in total.